The molecule has 0 spiro atoms. The summed E-state index contributed by atoms with van der Waals surface area (Å²) in [5, 5.41) is 26.5. The molecule has 218 valence electrons. The Hall–Kier alpha value is -4.11. The second-order valence-corrected chi connectivity index (χ2v) is 10.1. The molecule has 0 bridgehead atoms. The van der Waals surface area contributed by atoms with E-state index in [1.165, 1.54) is 11.8 Å². The molecule has 2 rings (SSSR count). The minimum atomic E-state index is -1.48. The number of fused-ring (bicyclic) bond motifs is 1. The van der Waals surface area contributed by atoms with Gasteiger partial charge >= 0.3 is 11.9 Å². The molecule has 0 fully saturated rings. The van der Waals surface area contributed by atoms with E-state index in [9.17, 15) is 33.9 Å². The van der Waals surface area contributed by atoms with E-state index < -0.39 is 72.6 Å². The number of benzene rings is 1. The first-order chi connectivity index (χ1) is 18.9. The van der Waals surface area contributed by atoms with Crippen LogP contribution >= 0.6 is 11.8 Å². The third kappa shape index (κ3) is 9.89. The molecule has 0 saturated heterocycles. The van der Waals surface area contributed by atoms with Gasteiger partial charge in [-0.3, -0.25) is 24.0 Å². The molecule has 0 aliphatic heterocycles. The van der Waals surface area contributed by atoms with E-state index >= 15 is 0 Å². The number of carboxylic acid groups (broad SMARTS) is 2. The van der Waals surface area contributed by atoms with Crippen molar-refractivity contribution in [1.82, 2.24) is 20.9 Å². The summed E-state index contributed by atoms with van der Waals surface area (Å²) in [6.07, 6.45) is 2.30. The third-order valence-electron chi connectivity index (χ3n) is 5.99. The Morgan fingerprint density at radius 1 is 0.925 bits per heavy atom. The van der Waals surface area contributed by atoms with Crippen LogP contribution < -0.4 is 27.4 Å². The van der Waals surface area contributed by atoms with Crippen molar-refractivity contribution in [1.29, 1.82) is 0 Å². The number of amides is 4. The Balaban J connectivity index is 2.28. The number of aliphatic carboxylic acids is 2. The number of carboxylic acids is 2. The SMILES string of the molecule is CSCCC(NC(=O)C(Cc1c[nH]c2ccccc12)NC(=O)C(N)CC(N)=O)C(=O)NC(CCC(=O)O)C(=O)O. The molecule has 10 N–H and O–H groups in total. The van der Waals surface area contributed by atoms with Crippen LogP contribution in [0.5, 0.6) is 0 Å². The number of nitrogens with two attached hydrogens (primary N) is 2. The number of para-hydroxylation sites is 1. The van der Waals surface area contributed by atoms with Gasteiger partial charge < -0.3 is 42.6 Å². The fourth-order valence-corrected chi connectivity index (χ4v) is 4.36. The van der Waals surface area contributed by atoms with Crippen LogP contribution in [-0.4, -0.2) is 86.9 Å². The summed E-state index contributed by atoms with van der Waals surface area (Å²) in [4.78, 5) is 75.9. The second-order valence-electron chi connectivity index (χ2n) is 9.08. The molecule has 4 amide bonds. The maximum Gasteiger partial charge on any atom is 0.326 e. The largest absolute Gasteiger partial charge is 0.481 e. The smallest absolute Gasteiger partial charge is 0.326 e. The van der Waals surface area contributed by atoms with Crippen molar-refractivity contribution < 1.29 is 39.0 Å². The fraction of sp³-hybridized carbons (Fsp3) is 0.440. The Morgan fingerprint density at radius 2 is 1.55 bits per heavy atom. The predicted octanol–water partition coefficient (Wildman–Crippen LogP) is -0.930. The van der Waals surface area contributed by atoms with Gasteiger partial charge in [-0.1, -0.05) is 18.2 Å². The van der Waals surface area contributed by atoms with Gasteiger partial charge in [0.05, 0.1) is 12.5 Å². The van der Waals surface area contributed by atoms with Gasteiger partial charge in [0.1, 0.15) is 18.1 Å². The lowest BCUT2D eigenvalue weighted by molar-refractivity contribution is -0.143. The lowest BCUT2D eigenvalue weighted by atomic mass is 10.0. The number of hydrogen-bond acceptors (Lipinski definition) is 8. The van der Waals surface area contributed by atoms with Crippen molar-refractivity contribution in [2.24, 2.45) is 11.5 Å². The van der Waals surface area contributed by atoms with Crippen LogP contribution in [0.1, 0.15) is 31.2 Å². The molecule has 1 aromatic carbocycles. The minimum Gasteiger partial charge on any atom is -0.481 e. The molecule has 40 heavy (non-hydrogen) atoms. The quantitative estimate of drug-likeness (QED) is 0.114. The molecule has 1 aromatic heterocycles. The van der Waals surface area contributed by atoms with Crippen molar-refractivity contribution in [3.8, 4) is 0 Å². The average molecular weight is 579 g/mol. The van der Waals surface area contributed by atoms with Crippen LogP contribution in [0.15, 0.2) is 30.5 Å². The topological polar surface area (TPSA) is 247 Å². The molecule has 0 aliphatic carbocycles. The summed E-state index contributed by atoms with van der Waals surface area (Å²) in [6.45, 7) is 0. The van der Waals surface area contributed by atoms with Crippen LogP contribution in [0.3, 0.4) is 0 Å². The van der Waals surface area contributed by atoms with Crippen LogP contribution in [0, 0.1) is 0 Å². The zero-order valence-corrected chi connectivity index (χ0v) is 22.7. The molecular formula is C25H34N6O8S. The summed E-state index contributed by atoms with van der Waals surface area (Å²) in [5.41, 5.74) is 12.4. The predicted molar refractivity (Wildman–Crippen MR) is 147 cm³/mol. The van der Waals surface area contributed by atoms with Gasteiger partial charge in [-0.05, 0) is 36.5 Å². The van der Waals surface area contributed by atoms with E-state index in [4.69, 9.17) is 16.6 Å². The number of carbonyl (C=O) groups excluding carboxylic acids is 4. The monoisotopic (exact) mass is 578 g/mol. The highest BCUT2D eigenvalue weighted by molar-refractivity contribution is 7.98. The number of aromatic amines is 1. The van der Waals surface area contributed by atoms with Gasteiger partial charge in [0.15, 0.2) is 0 Å². The molecule has 0 saturated carbocycles. The summed E-state index contributed by atoms with van der Waals surface area (Å²) < 4.78 is 0. The average Bonchev–Trinajstić information content (AvgIpc) is 3.30. The molecular weight excluding hydrogens is 544 g/mol. The number of primary amides is 1. The zero-order chi connectivity index (χ0) is 29.8. The molecule has 2 aromatic rings. The van der Waals surface area contributed by atoms with Gasteiger partial charge in [0.25, 0.3) is 0 Å². The first kappa shape index (κ1) is 32.1. The standard InChI is InChI=1S/C25H34N6O8S/c1-40-9-8-17(23(36)30-18(25(38)39)6-7-21(33)34)29-24(37)19(31-22(35)15(26)11-20(27)32)10-13-12-28-16-5-3-2-4-14(13)16/h2-5,12,15,17-19,28H,6-11,26H2,1H3,(H2,27,32)(H,29,37)(H,30,36)(H,31,35)(H,33,34)(H,38,39). The Labute approximate surface area is 234 Å². The van der Waals surface area contributed by atoms with Crippen molar-refractivity contribution >= 4 is 58.2 Å². The normalized spacial score (nSPS) is 13.9. The Bertz CT molecular complexity index is 1230. The Kier molecular flexibility index (Phi) is 12.4. The lowest BCUT2D eigenvalue weighted by Crippen LogP contribution is -2.58. The summed E-state index contributed by atoms with van der Waals surface area (Å²) in [6, 6.07) is 2.10. The molecule has 0 aliphatic rings. The number of rotatable bonds is 17. The fourth-order valence-electron chi connectivity index (χ4n) is 3.89. The van der Waals surface area contributed by atoms with Crippen LogP contribution in [-0.2, 0) is 35.2 Å². The first-order valence-corrected chi connectivity index (χ1v) is 13.8. The lowest BCUT2D eigenvalue weighted by Gasteiger charge is -2.25. The van der Waals surface area contributed by atoms with Crippen LogP contribution in [0.4, 0.5) is 0 Å². The van der Waals surface area contributed by atoms with Crippen molar-refractivity contribution in [3.05, 3.63) is 36.0 Å². The summed E-state index contributed by atoms with van der Waals surface area (Å²) in [5.74, 6) is -5.38. The van der Waals surface area contributed by atoms with Gasteiger partial charge in [-0.2, -0.15) is 11.8 Å². The molecule has 15 heteroatoms. The van der Waals surface area contributed by atoms with Gasteiger partial charge in [-0.15, -0.1) is 0 Å². The van der Waals surface area contributed by atoms with Gasteiger partial charge in [-0.25, -0.2) is 4.79 Å². The zero-order valence-electron chi connectivity index (χ0n) is 21.8. The summed E-state index contributed by atoms with van der Waals surface area (Å²) >= 11 is 1.39. The molecule has 1 heterocycles. The van der Waals surface area contributed by atoms with Crippen molar-refractivity contribution in [2.45, 2.75) is 56.3 Å². The van der Waals surface area contributed by atoms with E-state index in [0.29, 0.717) is 11.3 Å². The van der Waals surface area contributed by atoms with Crippen molar-refractivity contribution in [3.63, 3.8) is 0 Å². The molecule has 4 atom stereocenters. The molecule has 14 nitrogen and oxygen atoms in total. The maximum atomic E-state index is 13.4. The van der Waals surface area contributed by atoms with Gasteiger partial charge in [0.2, 0.25) is 23.6 Å². The first-order valence-electron chi connectivity index (χ1n) is 12.4. The van der Waals surface area contributed by atoms with E-state index in [1.54, 1.807) is 12.5 Å². The number of carbonyl (C=O) groups is 6. The van der Waals surface area contributed by atoms with Gasteiger partial charge in [0, 0.05) is 29.9 Å². The van der Waals surface area contributed by atoms with E-state index in [-0.39, 0.29) is 19.3 Å². The number of H-pyrrole nitrogens is 1. The number of nitrogens with one attached hydrogen (secondary N) is 4. The second kappa shape index (κ2) is 15.5. The number of thioether (sulfide) groups is 1. The minimum absolute atomic E-state index is 0.00188. The van der Waals surface area contributed by atoms with E-state index in [1.807, 2.05) is 24.3 Å². The third-order valence-corrected chi connectivity index (χ3v) is 6.64. The molecule has 4 unspecified atom stereocenters. The highest BCUT2D eigenvalue weighted by Gasteiger charge is 2.31. The highest BCUT2D eigenvalue weighted by atomic mass is 32.2. The van der Waals surface area contributed by atoms with E-state index in [2.05, 4.69) is 20.9 Å². The summed E-state index contributed by atoms with van der Waals surface area (Å²) in [7, 11) is 0. The number of aromatic nitrogens is 1. The maximum absolute atomic E-state index is 13.4. The van der Waals surface area contributed by atoms with E-state index in [0.717, 1.165) is 10.9 Å². The number of hydrogen-bond donors (Lipinski definition) is 8. The van der Waals surface area contributed by atoms with Crippen LogP contribution in [0.2, 0.25) is 0 Å². The molecule has 0 radical (unpaired) electrons. The Morgan fingerprint density at radius 3 is 2.17 bits per heavy atom. The highest BCUT2D eigenvalue weighted by Crippen LogP contribution is 2.19. The van der Waals surface area contributed by atoms with Crippen molar-refractivity contribution in [2.75, 3.05) is 12.0 Å². The van der Waals surface area contributed by atoms with Crippen LogP contribution in [0.25, 0.3) is 10.9 Å².